The second-order valence-corrected chi connectivity index (χ2v) is 6.22. The molecule has 0 spiro atoms. The summed E-state index contributed by atoms with van der Waals surface area (Å²) in [6.07, 6.45) is 0. The zero-order valence-electron chi connectivity index (χ0n) is 13.0. The van der Waals surface area contributed by atoms with Crippen LogP contribution in [-0.4, -0.2) is 48.4 Å². The molecule has 4 nitrogen and oxygen atoms in total. The minimum absolute atomic E-state index is 0.000761. The van der Waals surface area contributed by atoms with Gasteiger partial charge < -0.3 is 15.2 Å². The van der Waals surface area contributed by atoms with E-state index in [0.717, 1.165) is 38.9 Å². The van der Waals surface area contributed by atoms with Crippen LogP contribution in [0.25, 0.3) is 0 Å². The van der Waals surface area contributed by atoms with Crippen molar-refractivity contribution in [3.05, 3.63) is 29.6 Å². The van der Waals surface area contributed by atoms with Crippen LogP contribution in [0.1, 0.15) is 32.4 Å². The second-order valence-electron chi connectivity index (χ2n) is 6.22. The molecule has 1 atom stereocenters. The molecule has 1 heterocycles. The molecule has 2 N–H and O–H groups in total. The number of phenols is 1. The van der Waals surface area contributed by atoms with Gasteiger partial charge in [0.05, 0.1) is 13.2 Å². The smallest absolute Gasteiger partial charge is 0.126 e. The Morgan fingerprint density at radius 3 is 2.67 bits per heavy atom. The van der Waals surface area contributed by atoms with Crippen LogP contribution in [0.2, 0.25) is 0 Å². The van der Waals surface area contributed by atoms with E-state index in [1.165, 1.54) is 6.07 Å². The highest BCUT2D eigenvalue weighted by Crippen LogP contribution is 2.25. The van der Waals surface area contributed by atoms with Gasteiger partial charge in [0, 0.05) is 42.8 Å². The van der Waals surface area contributed by atoms with Gasteiger partial charge in [-0.2, -0.15) is 0 Å². The molecule has 21 heavy (non-hydrogen) atoms. The molecular weight excluding hydrogens is 271 g/mol. The quantitative estimate of drug-likeness (QED) is 0.875. The van der Waals surface area contributed by atoms with E-state index in [9.17, 15) is 9.50 Å². The summed E-state index contributed by atoms with van der Waals surface area (Å²) in [5.41, 5.74) is 0.724. The summed E-state index contributed by atoms with van der Waals surface area (Å²) in [6.45, 7) is 10.6. The van der Waals surface area contributed by atoms with E-state index in [1.54, 1.807) is 6.07 Å². The molecule has 1 aromatic rings. The third-order valence-corrected chi connectivity index (χ3v) is 4.17. The van der Waals surface area contributed by atoms with E-state index in [4.69, 9.17) is 4.74 Å². The number of benzene rings is 1. The van der Waals surface area contributed by atoms with Gasteiger partial charge in [0.2, 0.25) is 0 Å². The lowest BCUT2D eigenvalue weighted by Crippen LogP contribution is -2.54. The average molecular weight is 296 g/mol. The number of rotatable bonds is 5. The first-order chi connectivity index (χ1) is 9.90. The summed E-state index contributed by atoms with van der Waals surface area (Å²) in [5, 5.41) is 13.3. The van der Waals surface area contributed by atoms with Crippen LogP contribution in [0.3, 0.4) is 0 Å². The fraction of sp³-hybridized carbons (Fsp3) is 0.625. The minimum Gasteiger partial charge on any atom is -0.508 e. The Kier molecular flexibility index (Phi) is 5.19. The van der Waals surface area contributed by atoms with Crippen molar-refractivity contribution < 1.29 is 14.2 Å². The number of hydrogen-bond acceptors (Lipinski definition) is 4. The summed E-state index contributed by atoms with van der Waals surface area (Å²) in [5.74, 6) is -0.420. The molecule has 0 aromatic heterocycles. The number of halogens is 1. The molecule has 1 unspecified atom stereocenters. The van der Waals surface area contributed by atoms with E-state index in [2.05, 4.69) is 24.1 Å². The van der Waals surface area contributed by atoms with Crippen LogP contribution >= 0.6 is 0 Å². The fourth-order valence-corrected chi connectivity index (χ4v) is 2.68. The van der Waals surface area contributed by atoms with Gasteiger partial charge in [0.1, 0.15) is 11.6 Å². The van der Waals surface area contributed by atoms with Gasteiger partial charge in [0.15, 0.2) is 0 Å². The van der Waals surface area contributed by atoms with Gasteiger partial charge in [-0.05, 0) is 26.8 Å². The molecule has 0 bridgehead atoms. The minimum atomic E-state index is -0.419. The first-order valence-electron chi connectivity index (χ1n) is 7.45. The number of morpholine rings is 1. The molecule has 118 valence electrons. The van der Waals surface area contributed by atoms with Gasteiger partial charge in [0.25, 0.3) is 0 Å². The van der Waals surface area contributed by atoms with Crippen molar-refractivity contribution in [3.8, 4) is 5.75 Å². The van der Waals surface area contributed by atoms with Gasteiger partial charge in [-0.25, -0.2) is 4.39 Å². The van der Waals surface area contributed by atoms with E-state index in [-0.39, 0.29) is 17.3 Å². The molecule has 0 saturated carbocycles. The zero-order chi connectivity index (χ0) is 15.5. The van der Waals surface area contributed by atoms with Crippen molar-refractivity contribution in [2.75, 3.05) is 32.8 Å². The van der Waals surface area contributed by atoms with Gasteiger partial charge in [-0.15, -0.1) is 0 Å². The lowest BCUT2D eigenvalue weighted by molar-refractivity contribution is -0.0102. The molecule has 1 aliphatic heterocycles. The van der Waals surface area contributed by atoms with Gasteiger partial charge in [-0.1, -0.05) is 6.07 Å². The molecule has 1 fully saturated rings. The van der Waals surface area contributed by atoms with Crippen LogP contribution in [0.15, 0.2) is 18.2 Å². The topological polar surface area (TPSA) is 44.7 Å². The van der Waals surface area contributed by atoms with Crippen molar-refractivity contribution in [3.63, 3.8) is 0 Å². The first kappa shape index (κ1) is 16.2. The molecule has 2 rings (SSSR count). The highest BCUT2D eigenvalue weighted by molar-refractivity contribution is 5.34. The van der Waals surface area contributed by atoms with Crippen LogP contribution < -0.4 is 5.32 Å². The Morgan fingerprint density at radius 2 is 2.05 bits per heavy atom. The third kappa shape index (κ3) is 4.15. The Morgan fingerprint density at radius 1 is 1.38 bits per heavy atom. The monoisotopic (exact) mass is 296 g/mol. The number of nitrogens with zero attached hydrogens (tertiary/aromatic N) is 1. The van der Waals surface area contributed by atoms with Gasteiger partial charge >= 0.3 is 0 Å². The molecule has 0 aliphatic carbocycles. The summed E-state index contributed by atoms with van der Waals surface area (Å²) < 4.78 is 18.4. The molecule has 0 radical (unpaired) electrons. The maximum absolute atomic E-state index is 13.0. The summed E-state index contributed by atoms with van der Waals surface area (Å²) in [4.78, 5) is 2.40. The van der Waals surface area contributed by atoms with E-state index in [0.29, 0.717) is 5.56 Å². The molecule has 1 saturated heterocycles. The van der Waals surface area contributed by atoms with Crippen molar-refractivity contribution in [1.82, 2.24) is 10.2 Å². The van der Waals surface area contributed by atoms with Crippen molar-refractivity contribution >= 4 is 0 Å². The summed E-state index contributed by atoms with van der Waals surface area (Å²) >= 11 is 0. The molecule has 0 amide bonds. The normalized spacial score (nSPS) is 18.7. The maximum Gasteiger partial charge on any atom is 0.126 e. The Balaban J connectivity index is 1.94. The van der Waals surface area contributed by atoms with Crippen molar-refractivity contribution in [2.45, 2.75) is 32.4 Å². The molecule has 1 aromatic carbocycles. The largest absolute Gasteiger partial charge is 0.508 e. The Labute approximate surface area is 125 Å². The van der Waals surface area contributed by atoms with Crippen molar-refractivity contribution in [2.24, 2.45) is 0 Å². The standard InChI is InChI=1S/C16H25FN2O2/c1-12(14-5-4-13(17)10-15(14)20)18-11-16(2,3)19-6-8-21-9-7-19/h4-5,10,12,18,20H,6-9,11H2,1-3H3. The van der Waals surface area contributed by atoms with Crippen molar-refractivity contribution in [1.29, 1.82) is 0 Å². The van der Waals surface area contributed by atoms with Crippen LogP contribution in [0, 0.1) is 5.82 Å². The highest BCUT2D eigenvalue weighted by Gasteiger charge is 2.28. The molecule has 1 aliphatic rings. The first-order valence-corrected chi connectivity index (χ1v) is 7.45. The number of nitrogens with one attached hydrogen (secondary N) is 1. The van der Waals surface area contributed by atoms with E-state index >= 15 is 0 Å². The number of aromatic hydroxyl groups is 1. The molecular formula is C16H25FN2O2. The van der Waals surface area contributed by atoms with E-state index in [1.807, 2.05) is 6.92 Å². The number of phenolic OH excluding ortho intramolecular Hbond substituents is 1. The number of ether oxygens (including phenoxy) is 1. The third-order valence-electron chi connectivity index (χ3n) is 4.17. The second kappa shape index (κ2) is 6.73. The predicted octanol–water partition coefficient (Wildman–Crippen LogP) is 2.29. The van der Waals surface area contributed by atoms with Crippen LogP contribution in [0.4, 0.5) is 4.39 Å². The summed E-state index contributed by atoms with van der Waals surface area (Å²) in [6, 6.07) is 4.12. The Bertz CT molecular complexity index is 473. The van der Waals surface area contributed by atoms with Crippen LogP contribution in [-0.2, 0) is 4.74 Å². The van der Waals surface area contributed by atoms with Crippen LogP contribution in [0.5, 0.6) is 5.75 Å². The highest BCUT2D eigenvalue weighted by atomic mass is 19.1. The summed E-state index contributed by atoms with van der Waals surface area (Å²) in [7, 11) is 0. The molecule has 5 heteroatoms. The number of hydrogen-bond donors (Lipinski definition) is 2. The zero-order valence-corrected chi connectivity index (χ0v) is 13.0. The fourth-order valence-electron chi connectivity index (χ4n) is 2.68. The average Bonchev–Trinajstić information content (AvgIpc) is 2.46. The lowest BCUT2D eigenvalue weighted by atomic mass is 10.00. The van der Waals surface area contributed by atoms with Gasteiger partial charge in [-0.3, -0.25) is 4.90 Å². The SMILES string of the molecule is CC(NCC(C)(C)N1CCOCC1)c1ccc(F)cc1O. The lowest BCUT2D eigenvalue weighted by Gasteiger charge is -2.41. The Hall–Kier alpha value is -1.17. The van der Waals surface area contributed by atoms with E-state index < -0.39 is 5.82 Å². The maximum atomic E-state index is 13.0. The predicted molar refractivity (Wildman–Crippen MR) is 81.0 cm³/mol.